The lowest BCUT2D eigenvalue weighted by molar-refractivity contribution is -0.156. The van der Waals surface area contributed by atoms with E-state index in [2.05, 4.69) is 5.73 Å². The third kappa shape index (κ3) is 2.86. The molecule has 0 unspecified atom stereocenters. The van der Waals surface area contributed by atoms with Crippen LogP contribution in [0, 0.1) is 5.82 Å². The lowest BCUT2D eigenvalue weighted by Gasteiger charge is -2.21. The van der Waals surface area contributed by atoms with Crippen molar-refractivity contribution < 1.29 is 30.7 Å². The number of halogens is 8. The van der Waals surface area contributed by atoms with Gasteiger partial charge in [-0.25, -0.2) is 4.39 Å². The van der Waals surface area contributed by atoms with Crippen LogP contribution in [0.5, 0.6) is 0 Å². The zero-order valence-corrected chi connectivity index (χ0v) is 9.09. The second-order valence-corrected chi connectivity index (χ2v) is 3.75. The molecule has 1 atom stereocenters. The molecule has 1 aromatic carbocycles. The molecule has 0 aliphatic rings. The van der Waals surface area contributed by atoms with Gasteiger partial charge in [0.2, 0.25) is 0 Å². The molecule has 0 aliphatic heterocycles. The van der Waals surface area contributed by atoms with Crippen molar-refractivity contribution >= 4 is 11.6 Å². The standard InChI is InChI=1S/C9H5ClF7N/c10-4-2-1-3(8(12,13)14)5(6(4)11)7(18)9(15,16)17/h1-2,7H,18H2/t7-/m0/s1. The first-order valence-corrected chi connectivity index (χ1v) is 4.71. The van der Waals surface area contributed by atoms with Gasteiger partial charge in [-0.2, -0.15) is 26.3 Å². The maximum atomic E-state index is 13.4. The minimum Gasteiger partial charge on any atom is -0.316 e. The molecule has 2 N–H and O–H groups in total. The molecule has 0 aromatic heterocycles. The molecule has 1 rings (SSSR count). The molecular weight excluding hydrogens is 291 g/mol. The molecule has 0 spiro atoms. The Balaban J connectivity index is 3.53. The van der Waals surface area contributed by atoms with Crippen LogP contribution in [-0.2, 0) is 6.18 Å². The van der Waals surface area contributed by atoms with E-state index in [1.807, 2.05) is 0 Å². The first kappa shape index (κ1) is 15.0. The largest absolute Gasteiger partial charge is 0.416 e. The Morgan fingerprint density at radius 1 is 1.06 bits per heavy atom. The van der Waals surface area contributed by atoms with Crippen LogP contribution in [-0.4, -0.2) is 6.18 Å². The van der Waals surface area contributed by atoms with Gasteiger partial charge in [0.05, 0.1) is 10.6 Å². The average molecular weight is 296 g/mol. The normalized spacial score (nSPS) is 14.7. The van der Waals surface area contributed by atoms with Crippen molar-refractivity contribution in [2.24, 2.45) is 5.73 Å². The highest BCUT2D eigenvalue weighted by Crippen LogP contribution is 2.41. The monoisotopic (exact) mass is 295 g/mol. The predicted molar refractivity (Wildman–Crippen MR) is 49.4 cm³/mol. The number of hydrogen-bond donors (Lipinski definition) is 1. The Morgan fingerprint density at radius 3 is 1.94 bits per heavy atom. The summed E-state index contributed by atoms with van der Waals surface area (Å²) in [6.07, 6.45) is -10.4. The number of rotatable bonds is 1. The van der Waals surface area contributed by atoms with Gasteiger partial charge in [-0.15, -0.1) is 0 Å². The van der Waals surface area contributed by atoms with Gasteiger partial charge in [0, 0.05) is 5.56 Å². The van der Waals surface area contributed by atoms with Crippen LogP contribution in [0.15, 0.2) is 12.1 Å². The molecule has 1 nitrogen and oxygen atoms in total. The highest BCUT2D eigenvalue weighted by Gasteiger charge is 2.45. The summed E-state index contributed by atoms with van der Waals surface area (Å²) in [5, 5.41) is -0.863. The molecule has 0 bridgehead atoms. The average Bonchev–Trinajstić information content (AvgIpc) is 2.17. The molecule has 102 valence electrons. The second kappa shape index (κ2) is 4.58. The molecule has 18 heavy (non-hydrogen) atoms. The van der Waals surface area contributed by atoms with Crippen molar-refractivity contribution in [1.29, 1.82) is 0 Å². The van der Waals surface area contributed by atoms with Crippen LogP contribution < -0.4 is 5.73 Å². The van der Waals surface area contributed by atoms with Gasteiger partial charge >= 0.3 is 12.4 Å². The summed E-state index contributed by atoms with van der Waals surface area (Å²) in [6.45, 7) is 0. The molecule has 0 heterocycles. The third-order valence-corrected chi connectivity index (χ3v) is 2.39. The zero-order chi connectivity index (χ0) is 14.3. The van der Waals surface area contributed by atoms with Crippen molar-refractivity contribution in [3.05, 3.63) is 34.1 Å². The van der Waals surface area contributed by atoms with Crippen LogP contribution in [0.25, 0.3) is 0 Å². The van der Waals surface area contributed by atoms with Gasteiger partial charge < -0.3 is 5.73 Å². The second-order valence-electron chi connectivity index (χ2n) is 3.34. The lowest BCUT2D eigenvalue weighted by Crippen LogP contribution is -2.31. The minimum atomic E-state index is -5.22. The molecule has 0 radical (unpaired) electrons. The smallest absolute Gasteiger partial charge is 0.316 e. The number of hydrogen-bond acceptors (Lipinski definition) is 1. The van der Waals surface area contributed by atoms with Gasteiger partial charge in [0.1, 0.15) is 11.9 Å². The Kier molecular flexibility index (Phi) is 3.83. The van der Waals surface area contributed by atoms with Crippen LogP contribution in [0.1, 0.15) is 17.2 Å². The first-order valence-electron chi connectivity index (χ1n) is 4.33. The quantitative estimate of drug-likeness (QED) is 0.777. The summed E-state index contributed by atoms with van der Waals surface area (Å²) < 4.78 is 87.7. The third-order valence-electron chi connectivity index (χ3n) is 2.10. The van der Waals surface area contributed by atoms with Crippen molar-refractivity contribution in [2.75, 3.05) is 0 Å². The van der Waals surface area contributed by atoms with E-state index in [1.54, 1.807) is 0 Å². The van der Waals surface area contributed by atoms with Crippen molar-refractivity contribution in [3.63, 3.8) is 0 Å². The summed E-state index contributed by atoms with van der Waals surface area (Å²) in [7, 11) is 0. The fourth-order valence-corrected chi connectivity index (χ4v) is 1.45. The molecule has 0 fully saturated rings. The predicted octanol–water partition coefficient (Wildman–Crippen LogP) is 4.06. The van der Waals surface area contributed by atoms with E-state index in [4.69, 9.17) is 11.6 Å². The molecule has 0 saturated heterocycles. The van der Waals surface area contributed by atoms with Crippen molar-refractivity contribution in [3.8, 4) is 0 Å². The van der Waals surface area contributed by atoms with E-state index in [0.717, 1.165) is 0 Å². The minimum absolute atomic E-state index is 0.256. The number of nitrogens with two attached hydrogens (primary N) is 1. The van der Waals surface area contributed by atoms with Gasteiger partial charge in [-0.1, -0.05) is 11.6 Å². The van der Waals surface area contributed by atoms with Gasteiger partial charge in [0.25, 0.3) is 0 Å². The number of benzene rings is 1. The van der Waals surface area contributed by atoms with Crippen molar-refractivity contribution in [1.82, 2.24) is 0 Å². The molecule has 0 aliphatic carbocycles. The summed E-state index contributed by atoms with van der Waals surface area (Å²) in [5.74, 6) is -1.82. The van der Waals surface area contributed by atoms with E-state index in [0.29, 0.717) is 6.07 Å². The first-order chi connectivity index (χ1) is 7.96. The molecule has 0 amide bonds. The van der Waals surface area contributed by atoms with E-state index in [-0.39, 0.29) is 6.07 Å². The Labute approximate surface area is 101 Å². The number of alkyl halides is 6. The Morgan fingerprint density at radius 2 is 1.56 bits per heavy atom. The maximum Gasteiger partial charge on any atom is 0.416 e. The fraction of sp³-hybridized carbons (Fsp3) is 0.333. The topological polar surface area (TPSA) is 26.0 Å². The molecule has 1 aromatic rings. The van der Waals surface area contributed by atoms with E-state index < -0.39 is 40.4 Å². The molecular formula is C9H5ClF7N. The fourth-order valence-electron chi connectivity index (χ4n) is 1.28. The molecule has 9 heteroatoms. The summed E-state index contributed by atoms with van der Waals surface area (Å²) in [5.41, 5.74) is 1.11. The van der Waals surface area contributed by atoms with E-state index in [9.17, 15) is 30.7 Å². The van der Waals surface area contributed by atoms with E-state index in [1.165, 1.54) is 0 Å². The highest BCUT2D eigenvalue weighted by atomic mass is 35.5. The van der Waals surface area contributed by atoms with Crippen molar-refractivity contribution in [2.45, 2.75) is 18.4 Å². The lowest BCUT2D eigenvalue weighted by atomic mass is 9.99. The van der Waals surface area contributed by atoms with Gasteiger partial charge in [0.15, 0.2) is 0 Å². The summed E-state index contributed by atoms with van der Waals surface area (Å²) >= 11 is 5.16. The summed E-state index contributed by atoms with van der Waals surface area (Å²) in [6, 6.07) is -2.33. The van der Waals surface area contributed by atoms with Crippen LogP contribution >= 0.6 is 11.6 Å². The molecule has 0 saturated carbocycles. The van der Waals surface area contributed by atoms with Crippen LogP contribution in [0.3, 0.4) is 0 Å². The Bertz CT molecular complexity index is 451. The maximum absolute atomic E-state index is 13.4. The van der Waals surface area contributed by atoms with Gasteiger partial charge in [-0.3, -0.25) is 0 Å². The van der Waals surface area contributed by atoms with Crippen LogP contribution in [0.4, 0.5) is 30.7 Å². The van der Waals surface area contributed by atoms with Gasteiger partial charge in [-0.05, 0) is 12.1 Å². The SMILES string of the molecule is N[C@@H](c1c(C(F)(F)F)ccc(Cl)c1F)C(F)(F)F. The highest BCUT2D eigenvalue weighted by molar-refractivity contribution is 6.30. The Hall–Kier alpha value is -1.02. The zero-order valence-electron chi connectivity index (χ0n) is 8.33. The van der Waals surface area contributed by atoms with Crippen LogP contribution in [0.2, 0.25) is 5.02 Å². The van der Waals surface area contributed by atoms with E-state index >= 15 is 0 Å². The summed E-state index contributed by atoms with van der Waals surface area (Å²) in [4.78, 5) is 0.